The number of amides is 1. The van der Waals surface area contributed by atoms with Gasteiger partial charge in [-0.3, -0.25) is 4.79 Å². The lowest BCUT2D eigenvalue weighted by Gasteiger charge is -2.05. The van der Waals surface area contributed by atoms with Crippen molar-refractivity contribution in [3.8, 4) is 0 Å². The lowest BCUT2D eigenvalue weighted by Crippen LogP contribution is -2.35. The monoisotopic (exact) mass is 163 g/mol. The number of rotatable bonds is 2. The number of nitrogens with one attached hydrogen (secondary N) is 1. The van der Waals surface area contributed by atoms with Crippen LogP contribution in [0.1, 0.15) is 0 Å². The zero-order valence-electron chi connectivity index (χ0n) is 5.27. The predicted molar refractivity (Wildman–Crippen MR) is 30.9 cm³/mol. The predicted octanol–water partition coefficient (Wildman–Crippen LogP) is 0.971. The van der Waals surface area contributed by atoms with Crippen LogP contribution < -0.4 is 5.32 Å². The molecule has 0 heterocycles. The van der Waals surface area contributed by atoms with E-state index in [9.17, 15) is 18.0 Å². The highest BCUT2D eigenvalue weighted by atomic mass is 19.4. The molecule has 0 fully saturated rings. The van der Waals surface area contributed by atoms with Crippen LogP contribution in [-0.2, 0) is 4.79 Å². The smallest absolute Gasteiger partial charge is 0.318 e. The standard InChI is InChI=1S/C6H4F3NO/c1-3-4(2)10-5(11)6(7,8)9/h1-3H,(H,10,11). The number of halogens is 3. The molecule has 0 unspecified atom stereocenters. The number of carbonyl (C=O) groups is 1. The maximum Gasteiger partial charge on any atom is 0.471 e. The molecule has 0 aromatic heterocycles. The Bertz CT molecular complexity index is 194. The van der Waals surface area contributed by atoms with E-state index in [1.165, 1.54) is 5.32 Å². The molecule has 0 saturated heterocycles. The van der Waals surface area contributed by atoms with Gasteiger partial charge in [0.05, 0.1) is 0 Å². The minimum Gasteiger partial charge on any atom is -0.318 e. The van der Waals surface area contributed by atoms with Crippen LogP contribution in [0.5, 0.6) is 0 Å². The maximum atomic E-state index is 11.4. The van der Waals surface area contributed by atoms with Crippen LogP contribution in [0.2, 0.25) is 0 Å². The average molecular weight is 163 g/mol. The van der Waals surface area contributed by atoms with Crippen LogP contribution in [0.3, 0.4) is 0 Å². The lowest BCUT2D eigenvalue weighted by atomic mass is 10.4. The molecule has 2 radical (unpaired) electrons. The van der Waals surface area contributed by atoms with Crippen LogP contribution >= 0.6 is 0 Å². The fraction of sp³-hybridized carbons (Fsp3) is 0.167. The van der Waals surface area contributed by atoms with Gasteiger partial charge < -0.3 is 5.32 Å². The second-order valence-corrected chi connectivity index (χ2v) is 1.57. The molecule has 0 saturated carbocycles. The summed E-state index contributed by atoms with van der Waals surface area (Å²) in [4.78, 5) is 10.0. The van der Waals surface area contributed by atoms with Crippen LogP contribution in [0, 0.1) is 13.2 Å². The Morgan fingerprint density at radius 3 is 2.18 bits per heavy atom. The Labute approximate surface area is 61.4 Å². The van der Waals surface area contributed by atoms with Crippen molar-refractivity contribution >= 4 is 5.91 Å². The van der Waals surface area contributed by atoms with Crippen LogP contribution in [-0.4, -0.2) is 12.1 Å². The first-order chi connectivity index (χ1) is 4.88. The molecule has 5 heteroatoms. The molecule has 0 bridgehead atoms. The third kappa shape index (κ3) is 3.44. The Hall–Kier alpha value is -1.26. The second-order valence-electron chi connectivity index (χ2n) is 1.57. The summed E-state index contributed by atoms with van der Waals surface area (Å²) < 4.78 is 34.2. The Kier molecular flexibility index (Phi) is 2.86. The van der Waals surface area contributed by atoms with E-state index in [-0.39, 0.29) is 0 Å². The molecule has 11 heavy (non-hydrogen) atoms. The van der Waals surface area contributed by atoms with Gasteiger partial charge in [0.1, 0.15) is 0 Å². The van der Waals surface area contributed by atoms with E-state index < -0.39 is 17.8 Å². The van der Waals surface area contributed by atoms with Crippen molar-refractivity contribution in [2.45, 2.75) is 6.18 Å². The fourth-order valence-corrected chi connectivity index (χ4v) is 0.244. The molecule has 60 valence electrons. The molecule has 0 aromatic rings. The van der Waals surface area contributed by atoms with Crippen LogP contribution in [0.15, 0.2) is 11.8 Å². The first kappa shape index (κ1) is 9.74. The third-order valence-corrected chi connectivity index (χ3v) is 0.695. The SMILES string of the molecule is [CH]=CC(=[CH])NC(=O)C(F)(F)F. The van der Waals surface area contributed by atoms with Crippen molar-refractivity contribution in [3.05, 3.63) is 24.9 Å². The molecule has 0 aliphatic heterocycles. The van der Waals surface area contributed by atoms with Gasteiger partial charge in [-0.05, 0) is 12.7 Å². The molecule has 2 nitrogen and oxygen atoms in total. The van der Waals surface area contributed by atoms with Gasteiger partial charge in [-0.1, -0.05) is 6.58 Å². The molecule has 1 N–H and O–H groups in total. The third-order valence-electron chi connectivity index (χ3n) is 0.695. The minimum absolute atomic E-state index is 0.535. The highest BCUT2D eigenvalue weighted by Gasteiger charge is 2.38. The van der Waals surface area contributed by atoms with Gasteiger partial charge in [0.25, 0.3) is 0 Å². The Morgan fingerprint density at radius 2 is 1.91 bits per heavy atom. The molecular weight excluding hydrogens is 159 g/mol. The summed E-state index contributed by atoms with van der Waals surface area (Å²) in [6, 6.07) is 0. The summed E-state index contributed by atoms with van der Waals surface area (Å²) >= 11 is 0. The van der Waals surface area contributed by atoms with Gasteiger partial charge in [-0.15, -0.1) is 0 Å². The summed E-state index contributed by atoms with van der Waals surface area (Å²) in [6.07, 6.45) is -4.28. The van der Waals surface area contributed by atoms with E-state index in [1.54, 1.807) is 0 Å². The largest absolute Gasteiger partial charge is 0.471 e. The van der Waals surface area contributed by atoms with Crippen molar-refractivity contribution in [2.75, 3.05) is 0 Å². The molecule has 0 aromatic carbocycles. The fourth-order valence-electron chi connectivity index (χ4n) is 0.244. The van der Waals surface area contributed by atoms with Gasteiger partial charge in [0.2, 0.25) is 0 Å². The van der Waals surface area contributed by atoms with Crippen LogP contribution in [0.4, 0.5) is 13.2 Å². The highest BCUT2D eigenvalue weighted by molar-refractivity contribution is 5.83. The Morgan fingerprint density at radius 1 is 1.45 bits per heavy atom. The van der Waals surface area contributed by atoms with Crippen molar-refractivity contribution in [3.63, 3.8) is 0 Å². The van der Waals surface area contributed by atoms with Gasteiger partial charge >= 0.3 is 12.1 Å². The number of hydrogen-bond acceptors (Lipinski definition) is 1. The van der Waals surface area contributed by atoms with E-state index in [4.69, 9.17) is 13.2 Å². The summed E-state index contributed by atoms with van der Waals surface area (Å²) in [5.41, 5.74) is -0.535. The molecule has 0 aliphatic rings. The van der Waals surface area contributed by atoms with E-state index >= 15 is 0 Å². The van der Waals surface area contributed by atoms with Crippen molar-refractivity contribution in [1.29, 1.82) is 0 Å². The highest BCUT2D eigenvalue weighted by Crippen LogP contribution is 2.14. The van der Waals surface area contributed by atoms with E-state index in [1.807, 2.05) is 0 Å². The van der Waals surface area contributed by atoms with Gasteiger partial charge in [0.15, 0.2) is 0 Å². The van der Waals surface area contributed by atoms with Crippen LogP contribution in [0.25, 0.3) is 0 Å². The molecule has 0 atom stereocenters. The number of carbonyl (C=O) groups excluding carboxylic acids is 1. The topological polar surface area (TPSA) is 29.1 Å². The van der Waals surface area contributed by atoms with Gasteiger partial charge in [-0.2, -0.15) is 13.2 Å². The minimum atomic E-state index is -4.94. The first-order valence-electron chi connectivity index (χ1n) is 2.43. The molecule has 1 amide bonds. The Balaban J connectivity index is 4.09. The molecular formula is C6H4F3NO. The van der Waals surface area contributed by atoms with Crippen molar-refractivity contribution < 1.29 is 18.0 Å². The maximum absolute atomic E-state index is 11.4. The van der Waals surface area contributed by atoms with Gasteiger partial charge in [-0.25, -0.2) is 0 Å². The van der Waals surface area contributed by atoms with Crippen molar-refractivity contribution in [1.82, 2.24) is 5.32 Å². The van der Waals surface area contributed by atoms with E-state index in [0.29, 0.717) is 6.08 Å². The number of alkyl halides is 3. The summed E-state index contributed by atoms with van der Waals surface area (Å²) in [5, 5.41) is 1.32. The summed E-state index contributed by atoms with van der Waals surface area (Å²) in [6.45, 7) is 9.47. The van der Waals surface area contributed by atoms with E-state index in [2.05, 4.69) is 0 Å². The molecule has 0 rings (SSSR count). The molecule has 0 aliphatic carbocycles. The quantitative estimate of drug-likeness (QED) is 0.604. The van der Waals surface area contributed by atoms with E-state index in [0.717, 1.165) is 0 Å². The van der Waals surface area contributed by atoms with Crippen molar-refractivity contribution in [2.24, 2.45) is 0 Å². The summed E-state index contributed by atoms with van der Waals surface area (Å²) in [5.74, 6) is -2.14. The normalized spacial score (nSPS) is 10.5. The lowest BCUT2D eigenvalue weighted by molar-refractivity contribution is -0.172. The number of allylic oxidation sites excluding steroid dienone is 1. The number of hydrogen-bond donors (Lipinski definition) is 1. The zero-order valence-corrected chi connectivity index (χ0v) is 5.27. The first-order valence-corrected chi connectivity index (χ1v) is 2.43. The second kappa shape index (κ2) is 3.23. The summed E-state index contributed by atoms with van der Waals surface area (Å²) in [7, 11) is 0. The van der Waals surface area contributed by atoms with Gasteiger partial charge in [0, 0.05) is 5.70 Å². The molecule has 0 spiro atoms. The average Bonchev–Trinajstić information content (AvgIpc) is 1.85. The zero-order chi connectivity index (χ0) is 9.07.